The highest BCUT2D eigenvalue weighted by Gasteiger charge is 2.14. The monoisotopic (exact) mass is 364 g/mol. The molecule has 2 aromatic carbocycles. The van der Waals surface area contributed by atoms with E-state index in [0.29, 0.717) is 6.54 Å². The van der Waals surface area contributed by atoms with Gasteiger partial charge in [0.25, 0.3) is 0 Å². The SMILES string of the molecule is O=C(Cn1c(-c2cccs2)cc2ccccc21)NCc1ccc(F)cc1. The molecule has 4 aromatic rings. The fraction of sp³-hybridized carbons (Fsp3) is 0.0952. The summed E-state index contributed by atoms with van der Waals surface area (Å²) in [5.74, 6) is -0.354. The summed E-state index contributed by atoms with van der Waals surface area (Å²) in [5, 5.41) is 6.06. The van der Waals surface area contributed by atoms with Gasteiger partial charge in [-0.1, -0.05) is 36.4 Å². The minimum absolute atomic E-state index is 0.0755. The normalized spacial score (nSPS) is 11.0. The number of hydrogen-bond acceptors (Lipinski definition) is 2. The largest absolute Gasteiger partial charge is 0.350 e. The average molecular weight is 364 g/mol. The zero-order valence-corrected chi connectivity index (χ0v) is 14.8. The predicted octanol–water partition coefficient (Wildman–Crippen LogP) is 4.83. The van der Waals surface area contributed by atoms with Gasteiger partial charge in [0.15, 0.2) is 0 Å². The van der Waals surface area contributed by atoms with E-state index in [4.69, 9.17) is 0 Å². The molecule has 0 unspecified atom stereocenters. The van der Waals surface area contributed by atoms with Gasteiger partial charge in [0, 0.05) is 17.4 Å². The van der Waals surface area contributed by atoms with Gasteiger partial charge in [-0.25, -0.2) is 4.39 Å². The Bertz CT molecular complexity index is 1040. The topological polar surface area (TPSA) is 34.0 Å². The van der Waals surface area contributed by atoms with Gasteiger partial charge >= 0.3 is 0 Å². The molecule has 2 heterocycles. The second-order valence-electron chi connectivity index (χ2n) is 6.06. The molecule has 2 aromatic heterocycles. The number of hydrogen-bond donors (Lipinski definition) is 1. The lowest BCUT2D eigenvalue weighted by molar-refractivity contribution is -0.121. The summed E-state index contributed by atoms with van der Waals surface area (Å²) in [6.45, 7) is 0.620. The number of amides is 1. The number of benzene rings is 2. The highest BCUT2D eigenvalue weighted by atomic mass is 32.1. The first-order valence-corrected chi connectivity index (χ1v) is 9.22. The van der Waals surface area contributed by atoms with Crippen molar-refractivity contribution in [2.24, 2.45) is 0 Å². The number of fused-ring (bicyclic) bond motifs is 1. The number of rotatable bonds is 5. The van der Waals surface area contributed by atoms with Crippen LogP contribution in [0.15, 0.2) is 72.1 Å². The van der Waals surface area contributed by atoms with Gasteiger partial charge in [0.1, 0.15) is 12.4 Å². The van der Waals surface area contributed by atoms with Crippen molar-refractivity contribution in [2.45, 2.75) is 13.1 Å². The number of thiophene rings is 1. The maximum atomic E-state index is 13.0. The summed E-state index contributed by atoms with van der Waals surface area (Å²) < 4.78 is 15.0. The molecule has 0 saturated heterocycles. The Kier molecular flexibility index (Phi) is 4.54. The Morgan fingerprint density at radius 1 is 1.04 bits per heavy atom. The number of nitrogens with one attached hydrogen (secondary N) is 1. The first-order valence-electron chi connectivity index (χ1n) is 8.34. The van der Waals surface area contributed by atoms with Crippen molar-refractivity contribution in [2.75, 3.05) is 0 Å². The lowest BCUT2D eigenvalue weighted by Crippen LogP contribution is -2.27. The molecule has 0 radical (unpaired) electrons. The van der Waals surface area contributed by atoms with Gasteiger partial charge in [0.2, 0.25) is 5.91 Å². The first kappa shape index (κ1) is 16.5. The Labute approximate surface area is 154 Å². The molecule has 0 bridgehead atoms. The van der Waals surface area contributed by atoms with Crippen molar-refractivity contribution in [1.82, 2.24) is 9.88 Å². The molecule has 0 spiro atoms. The molecule has 0 aliphatic rings. The molecule has 0 saturated carbocycles. The molecule has 5 heteroatoms. The number of carbonyl (C=O) groups is 1. The van der Waals surface area contributed by atoms with Crippen LogP contribution >= 0.6 is 11.3 Å². The van der Waals surface area contributed by atoms with Gasteiger partial charge in [0.05, 0.1) is 10.6 Å². The summed E-state index contributed by atoms with van der Waals surface area (Å²) in [6.07, 6.45) is 0. The van der Waals surface area contributed by atoms with Crippen LogP contribution in [-0.4, -0.2) is 10.5 Å². The quantitative estimate of drug-likeness (QED) is 0.541. The molecule has 0 fully saturated rings. The molecular formula is C21H17FN2OS. The Balaban J connectivity index is 1.57. The van der Waals surface area contributed by atoms with Crippen LogP contribution in [0, 0.1) is 5.82 Å². The van der Waals surface area contributed by atoms with Crippen molar-refractivity contribution in [1.29, 1.82) is 0 Å². The van der Waals surface area contributed by atoms with E-state index in [2.05, 4.69) is 23.5 Å². The van der Waals surface area contributed by atoms with Crippen LogP contribution in [0.25, 0.3) is 21.5 Å². The molecular weight excluding hydrogens is 347 g/mol. The fourth-order valence-electron chi connectivity index (χ4n) is 3.01. The minimum Gasteiger partial charge on any atom is -0.350 e. The van der Waals surface area contributed by atoms with E-state index in [-0.39, 0.29) is 18.3 Å². The van der Waals surface area contributed by atoms with Crippen molar-refractivity contribution in [3.63, 3.8) is 0 Å². The van der Waals surface area contributed by atoms with Crippen molar-refractivity contribution in [3.05, 3.63) is 83.5 Å². The second kappa shape index (κ2) is 7.14. The van der Waals surface area contributed by atoms with Gasteiger partial charge in [-0.3, -0.25) is 4.79 Å². The first-order chi connectivity index (χ1) is 12.7. The van der Waals surface area contributed by atoms with E-state index < -0.39 is 0 Å². The van der Waals surface area contributed by atoms with Crippen LogP contribution in [0.4, 0.5) is 4.39 Å². The number of aromatic nitrogens is 1. The lowest BCUT2D eigenvalue weighted by atomic mass is 10.2. The van der Waals surface area contributed by atoms with Crippen molar-refractivity contribution in [3.8, 4) is 10.6 Å². The predicted molar refractivity (Wildman–Crippen MR) is 103 cm³/mol. The van der Waals surface area contributed by atoms with E-state index in [1.54, 1.807) is 23.5 Å². The van der Waals surface area contributed by atoms with Gasteiger partial charge < -0.3 is 9.88 Å². The maximum absolute atomic E-state index is 13.0. The van der Waals surface area contributed by atoms with Crippen LogP contribution in [0.1, 0.15) is 5.56 Å². The summed E-state index contributed by atoms with van der Waals surface area (Å²) in [7, 11) is 0. The fourth-order valence-corrected chi connectivity index (χ4v) is 3.76. The lowest BCUT2D eigenvalue weighted by Gasteiger charge is -2.11. The van der Waals surface area contributed by atoms with Crippen molar-refractivity contribution >= 4 is 28.1 Å². The molecule has 0 atom stereocenters. The average Bonchev–Trinajstić information content (AvgIpc) is 3.30. The third-order valence-electron chi connectivity index (χ3n) is 4.29. The van der Waals surface area contributed by atoms with E-state index in [0.717, 1.165) is 27.0 Å². The molecule has 0 aliphatic heterocycles. The van der Waals surface area contributed by atoms with Crippen LogP contribution in [0.3, 0.4) is 0 Å². The minimum atomic E-state index is -0.278. The van der Waals surface area contributed by atoms with Crippen LogP contribution in [0.2, 0.25) is 0 Å². The molecule has 1 N–H and O–H groups in total. The smallest absolute Gasteiger partial charge is 0.240 e. The molecule has 4 rings (SSSR count). The summed E-state index contributed by atoms with van der Waals surface area (Å²) in [4.78, 5) is 13.6. The molecule has 130 valence electrons. The number of carbonyl (C=O) groups excluding carboxylic acids is 1. The molecule has 26 heavy (non-hydrogen) atoms. The Morgan fingerprint density at radius 3 is 2.62 bits per heavy atom. The van der Waals surface area contributed by atoms with Gasteiger partial charge in [-0.15, -0.1) is 11.3 Å². The van der Waals surface area contributed by atoms with Gasteiger partial charge in [-0.2, -0.15) is 0 Å². The number of nitrogens with zero attached hydrogens (tertiary/aromatic N) is 1. The third-order valence-corrected chi connectivity index (χ3v) is 5.18. The highest BCUT2D eigenvalue weighted by Crippen LogP contribution is 2.31. The zero-order valence-electron chi connectivity index (χ0n) is 14.0. The van der Waals surface area contributed by atoms with Crippen LogP contribution < -0.4 is 5.32 Å². The van der Waals surface area contributed by atoms with Crippen LogP contribution in [0.5, 0.6) is 0 Å². The van der Waals surface area contributed by atoms with Crippen molar-refractivity contribution < 1.29 is 9.18 Å². The number of halogens is 1. The Hall–Kier alpha value is -2.92. The molecule has 3 nitrogen and oxygen atoms in total. The Morgan fingerprint density at radius 2 is 1.85 bits per heavy atom. The zero-order chi connectivity index (χ0) is 17.9. The van der Waals surface area contributed by atoms with Crippen LogP contribution in [-0.2, 0) is 17.9 Å². The summed E-state index contributed by atoms with van der Waals surface area (Å²) in [6, 6.07) is 20.4. The highest BCUT2D eigenvalue weighted by molar-refractivity contribution is 7.13. The third kappa shape index (κ3) is 3.39. The standard InChI is InChI=1S/C21H17FN2OS/c22-17-9-7-15(8-10-17)13-23-21(25)14-24-18-5-2-1-4-16(18)12-19(24)20-6-3-11-26-20/h1-12H,13-14H2,(H,23,25). The van der Waals surface area contributed by atoms with E-state index in [1.165, 1.54) is 12.1 Å². The van der Waals surface area contributed by atoms with E-state index in [1.807, 2.05) is 34.2 Å². The number of para-hydroxylation sites is 1. The van der Waals surface area contributed by atoms with Gasteiger partial charge in [-0.05, 0) is 41.3 Å². The maximum Gasteiger partial charge on any atom is 0.240 e. The van der Waals surface area contributed by atoms with E-state index >= 15 is 0 Å². The second-order valence-corrected chi connectivity index (χ2v) is 7.00. The molecule has 0 aliphatic carbocycles. The summed E-state index contributed by atoms with van der Waals surface area (Å²) >= 11 is 1.66. The van der Waals surface area contributed by atoms with E-state index in [9.17, 15) is 9.18 Å². The summed E-state index contributed by atoms with van der Waals surface area (Å²) in [5.41, 5.74) is 2.95. The molecule has 1 amide bonds.